The molecule has 1 fully saturated rings. The predicted molar refractivity (Wildman–Crippen MR) is 35.5 cm³/mol. The van der Waals surface area contributed by atoms with Crippen LogP contribution in [0, 0.1) is 5.41 Å². The molecule has 1 aliphatic carbocycles. The number of aliphatic carboxylic acids is 2. The fraction of sp³-hybridized carbons (Fsp3) is 0.750. The fourth-order valence-electron chi connectivity index (χ4n) is 1.71. The zero-order valence-electron chi connectivity index (χ0n) is 6.97. The molecule has 0 aliphatic heterocycles. The Balaban J connectivity index is 0.00000144. The number of hydrogen-bond donors (Lipinski definition) is 0. The Morgan fingerprint density at radius 2 is 1.46 bits per heavy atom. The van der Waals surface area contributed by atoms with Crippen LogP contribution < -0.4 is 10.2 Å². The molecule has 0 amide bonds. The van der Waals surface area contributed by atoms with Gasteiger partial charge in [-0.2, -0.15) is 0 Å². The summed E-state index contributed by atoms with van der Waals surface area (Å²) < 4.78 is 0. The summed E-state index contributed by atoms with van der Waals surface area (Å²) in [6, 6.07) is 0. The van der Waals surface area contributed by atoms with Crippen molar-refractivity contribution in [3.8, 4) is 0 Å². The Morgan fingerprint density at radius 3 is 1.62 bits per heavy atom. The van der Waals surface area contributed by atoms with E-state index in [2.05, 4.69) is 0 Å². The molecule has 1 saturated carbocycles. The minimum atomic E-state index is -1.17. The van der Waals surface area contributed by atoms with Crippen LogP contribution in [0.4, 0.5) is 0 Å². The molecule has 0 heterocycles. The summed E-state index contributed by atoms with van der Waals surface area (Å²) >= 11 is 0. The largest absolute Gasteiger partial charge is 2.00 e. The summed E-state index contributed by atoms with van der Waals surface area (Å²) in [5.74, 6) is -2.34. The fourth-order valence-corrected chi connectivity index (χ4v) is 1.71. The maximum atomic E-state index is 10.3. The van der Waals surface area contributed by atoms with Crippen LogP contribution in [-0.4, -0.2) is 11.9 Å². The number of rotatable bonds is 4. The van der Waals surface area contributed by atoms with E-state index in [0.29, 0.717) is 12.8 Å². The van der Waals surface area contributed by atoms with E-state index in [0.717, 1.165) is 6.42 Å². The molecule has 1 radical (unpaired) electrons. The number of hydrogen-bond acceptors (Lipinski definition) is 4. The van der Waals surface area contributed by atoms with Gasteiger partial charge in [-0.25, -0.2) is 0 Å². The molecule has 0 aromatic heterocycles. The van der Waals surface area contributed by atoms with Crippen LogP contribution in [0.15, 0.2) is 0 Å². The molecular formula is C8H10CuO4. The van der Waals surface area contributed by atoms with Crippen molar-refractivity contribution in [1.82, 2.24) is 0 Å². The molecule has 0 saturated heterocycles. The van der Waals surface area contributed by atoms with Gasteiger partial charge in [0.25, 0.3) is 0 Å². The van der Waals surface area contributed by atoms with Gasteiger partial charge in [0.05, 0.1) is 0 Å². The molecule has 0 atom stereocenters. The van der Waals surface area contributed by atoms with E-state index in [-0.39, 0.29) is 29.9 Å². The third-order valence-corrected chi connectivity index (χ3v) is 2.45. The van der Waals surface area contributed by atoms with Gasteiger partial charge in [-0.3, -0.25) is 0 Å². The molecule has 0 spiro atoms. The van der Waals surface area contributed by atoms with Crippen LogP contribution in [0.25, 0.3) is 0 Å². The predicted octanol–water partition coefficient (Wildman–Crippen LogP) is -1.57. The molecule has 1 aliphatic rings. The van der Waals surface area contributed by atoms with E-state index in [1.165, 1.54) is 0 Å². The van der Waals surface area contributed by atoms with Gasteiger partial charge in [0.2, 0.25) is 0 Å². The molecule has 77 valence electrons. The number of carbonyl (C=O) groups excluding carboxylic acids is 2. The summed E-state index contributed by atoms with van der Waals surface area (Å²) in [4.78, 5) is 20.5. The van der Waals surface area contributed by atoms with Crippen molar-refractivity contribution in [3.05, 3.63) is 0 Å². The molecular weight excluding hydrogens is 224 g/mol. The van der Waals surface area contributed by atoms with Crippen LogP contribution in [0.5, 0.6) is 0 Å². The Bertz CT molecular complexity index is 192. The van der Waals surface area contributed by atoms with Crippen molar-refractivity contribution in [2.75, 3.05) is 0 Å². The molecule has 13 heavy (non-hydrogen) atoms. The molecule has 4 nitrogen and oxygen atoms in total. The van der Waals surface area contributed by atoms with Gasteiger partial charge >= 0.3 is 17.1 Å². The van der Waals surface area contributed by atoms with Crippen molar-refractivity contribution in [3.63, 3.8) is 0 Å². The van der Waals surface area contributed by atoms with E-state index in [1.807, 2.05) is 0 Å². The molecule has 0 unspecified atom stereocenters. The van der Waals surface area contributed by atoms with Crippen LogP contribution in [-0.2, 0) is 26.7 Å². The van der Waals surface area contributed by atoms with Crippen LogP contribution in [0.3, 0.4) is 0 Å². The van der Waals surface area contributed by atoms with Gasteiger partial charge in [-0.15, -0.1) is 0 Å². The topological polar surface area (TPSA) is 80.3 Å². The Kier molecular flexibility index (Phi) is 4.44. The molecule has 1 rings (SSSR count). The Labute approximate surface area is 86.8 Å². The summed E-state index contributed by atoms with van der Waals surface area (Å²) in [5, 5.41) is 20.5. The quantitative estimate of drug-likeness (QED) is 0.550. The van der Waals surface area contributed by atoms with Gasteiger partial charge in [-0.1, -0.05) is 6.42 Å². The van der Waals surface area contributed by atoms with Gasteiger partial charge in [0.1, 0.15) is 0 Å². The van der Waals surface area contributed by atoms with Crippen LogP contribution in [0.1, 0.15) is 32.1 Å². The van der Waals surface area contributed by atoms with E-state index in [1.54, 1.807) is 0 Å². The summed E-state index contributed by atoms with van der Waals surface area (Å²) in [7, 11) is 0. The van der Waals surface area contributed by atoms with Crippen molar-refractivity contribution >= 4 is 11.9 Å². The van der Waals surface area contributed by atoms with Gasteiger partial charge in [0, 0.05) is 11.9 Å². The third-order valence-electron chi connectivity index (χ3n) is 2.45. The maximum Gasteiger partial charge on any atom is 2.00 e. The zero-order chi connectivity index (χ0) is 9.19. The number of carbonyl (C=O) groups is 2. The molecule has 0 aromatic rings. The van der Waals surface area contributed by atoms with E-state index in [4.69, 9.17) is 0 Å². The smallest absolute Gasteiger partial charge is 0.550 e. The average molecular weight is 234 g/mol. The van der Waals surface area contributed by atoms with Crippen LogP contribution in [0.2, 0.25) is 0 Å². The van der Waals surface area contributed by atoms with Gasteiger partial charge in [0.15, 0.2) is 0 Å². The van der Waals surface area contributed by atoms with Crippen LogP contribution >= 0.6 is 0 Å². The normalized spacial score (nSPS) is 18.2. The first kappa shape index (κ1) is 12.5. The first-order chi connectivity index (χ1) is 5.54. The Morgan fingerprint density at radius 1 is 1.08 bits per heavy atom. The van der Waals surface area contributed by atoms with Crippen molar-refractivity contribution in [1.29, 1.82) is 0 Å². The first-order valence-electron chi connectivity index (χ1n) is 3.94. The second-order valence-electron chi connectivity index (χ2n) is 3.45. The molecule has 0 N–H and O–H groups in total. The minimum Gasteiger partial charge on any atom is -0.550 e. The van der Waals surface area contributed by atoms with Crippen molar-refractivity contribution in [2.24, 2.45) is 5.41 Å². The number of carboxylic acid groups (broad SMARTS) is 2. The zero-order valence-corrected chi connectivity index (χ0v) is 7.91. The molecule has 0 bridgehead atoms. The number of carboxylic acids is 2. The van der Waals surface area contributed by atoms with Crippen molar-refractivity contribution in [2.45, 2.75) is 32.1 Å². The first-order valence-corrected chi connectivity index (χ1v) is 3.94. The SMILES string of the molecule is O=C([O-])CC1(CC(=O)[O-])CCC1.[Cu+2]. The third kappa shape index (κ3) is 3.36. The Hall–Kier alpha value is -0.541. The average Bonchev–Trinajstić information content (AvgIpc) is 1.80. The van der Waals surface area contributed by atoms with E-state index >= 15 is 0 Å². The monoisotopic (exact) mass is 233 g/mol. The molecule has 0 aromatic carbocycles. The maximum absolute atomic E-state index is 10.3. The second-order valence-corrected chi connectivity index (χ2v) is 3.45. The van der Waals surface area contributed by atoms with Gasteiger partial charge < -0.3 is 19.8 Å². The van der Waals surface area contributed by atoms with Crippen molar-refractivity contribution < 1.29 is 36.9 Å². The molecule has 5 heteroatoms. The summed E-state index contributed by atoms with van der Waals surface area (Å²) in [5.41, 5.74) is -0.558. The minimum absolute atomic E-state index is 0. The van der Waals surface area contributed by atoms with Gasteiger partial charge in [-0.05, 0) is 31.1 Å². The summed E-state index contributed by atoms with van der Waals surface area (Å²) in [6.45, 7) is 0. The van der Waals surface area contributed by atoms with E-state index in [9.17, 15) is 19.8 Å². The summed E-state index contributed by atoms with van der Waals surface area (Å²) in [6.07, 6.45) is 1.92. The van der Waals surface area contributed by atoms with E-state index < -0.39 is 17.4 Å². The standard InChI is InChI=1S/C8H12O4.Cu/c9-6(10)4-8(2-1-3-8)5-7(11)12;/h1-5H2,(H,9,10)(H,11,12);/q;+2/p-2. The second kappa shape index (κ2) is 4.63.